The summed E-state index contributed by atoms with van der Waals surface area (Å²) in [5, 5.41) is 2.61. The molecule has 1 heterocycles. The van der Waals surface area contributed by atoms with Crippen molar-refractivity contribution in [3.63, 3.8) is 0 Å². The summed E-state index contributed by atoms with van der Waals surface area (Å²) in [5.41, 5.74) is 7.45. The van der Waals surface area contributed by atoms with Gasteiger partial charge in [-0.25, -0.2) is 0 Å². The maximum absolute atomic E-state index is 11.8. The Balaban J connectivity index is 1.57. The van der Waals surface area contributed by atoms with E-state index in [0.29, 0.717) is 23.0 Å². The first-order valence-corrected chi connectivity index (χ1v) is 10.4. The van der Waals surface area contributed by atoms with Gasteiger partial charge in [-0.1, -0.05) is 36.4 Å². The number of ether oxygens (including phenoxy) is 2. The van der Waals surface area contributed by atoms with Crippen molar-refractivity contribution in [2.45, 2.75) is 6.61 Å². The number of thioether (sulfide) groups is 1. The van der Waals surface area contributed by atoms with Gasteiger partial charge in [0.05, 0.1) is 16.5 Å². The van der Waals surface area contributed by atoms with Gasteiger partial charge in [-0.15, -0.1) is 0 Å². The number of aliphatic imine (C=N–C) groups is 1. The van der Waals surface area contributed by atoms with Gasteiger partial charge in [0.1, 0.15) is 6.61 Å². The number of amides is 1. The highest BCUT2D eigenvalue weighted by Gasteiger charge is 2.20. The monoisotopic (exact) mass is 468 g/mol. The topological polar surface area (TPSA) is 73.9 Å². The Kier molecular flexibility index (Phi) is 5.60. The summed E-state index contributed by atoms with van der Waals surface area (Å²) in [4.78, 5) is 16.0. The number of amidine groups is 1. The first-order valence-electron chi connectivity index (χ1n) is 8.79. The molecule has 0 radical (unpaired) electrons. The average molecular weight is 469 g/mol. The van der Waals surface area contributed by atoms with Crippen LogP contribution in [0.2, 0.25) is 0 Å². The summed E-state index contributed by atoms with van der Waals surface area (Å²) in [6, 6.07) is 18.1. The molecule has 0 spiro atoms. The fourth-order valence-electron chi connectivity index (χ4n) is 3.02. The number of fused-ring (bicyclic) bond motifs is 1. The molecule has 1 aliphatic heterocycles. The second-order valence-corrected chi connectivity index (χ2v) is 8.29. The van der Waals surface area contributed by atoms with Crippen LogP contribution in [0, 0.1) is 0 Å². The molecule has 0 bridgehead atoms. The van der Waals surface area contributed by atoms with Gasteiger partial charge in [0.25, 0.3) is 5.91 Å². The maximum atomic E-state index is 11.8. The Morgan fingerprint density at radius 1 is 1.14 bits per heavy atom. The molecule has 4 rings (SSSR count). The fourth-order valence-corrected chi connectivity index (χ4v) is 4.28. The summed E-state index contributed by atoms with van der Waals surface area (Å²) in [5.74, 6) is 0.833. The lowest BCUT2D eigenvalue weighted by molar-refractivity contribution is -0.113. The molecule has 0 unspecified atom stereocenters. The van der Waals surface area contributed by atoms with Crippen LogP contribution in [0.3, 0.4) is 0 Å². The standard InChI is InChI=1S/C22H17BrN2O3S/c1-27-18-10-14(11-19-21(26)25-22(24)29-19)9-17(23)20(18)28-12-13-6-7-15-4-2-3-5-16(15)8-13/h2-11H,12H2,1H3,(H2,24,25,26). The highest BCUT2D eigenvalue weighted by Crippen LogP contribution is 2.38. The van der Waals surface area contributed by atoms with Crippen LogP contribution in [-0.4, -0.2) is 18.2 Å². The van der Waals surface area contributed by atoms with Crippen LogP contribution < -0.4 is 15.2 Å². The molecule has 146 valence electrons. The van der Waals surface area contributed by atoms with Crippen LogP contribution in [0.4, 0.5) is 0 Å². The number of methoxy groups -OCH3 is 1. The van der Waals surface area contributed by atoms with Gasteiger partial charge in [-0.05, 0) is 73.9 Å². The summed E-state index contributed by atoms with van der Waals surface area (Å²) < 4.78 is 12.3. The van der Waals surface area contributed by atoms with Crippen molar-refractivity contribution in [2.75, 3.05) is 7.11 Å². The minimum Gasteiger partial charge on any atom is -0.493 e. The minimum absolute atomic E-state index is 0.252. The second kappa shape index (κ2) is 8.31. The van der Waals surface area contributed by atoms with Gasteiger partial charge >= 0.3 is 0 Å². The zero-order valence-corrected chi connectivity index (χ0v) is 17.9. The number of hydrogen-bond acceptors (Lipinski definition) is 5. The van der Waals surface area contributed by atoms with Gasteiger partial charge in [0.15, 0.2) is 16.7 Å². The first kappa shape index (κ1) is 19.5. The first-order chi connectivity index (χ1) is 14.0. The van der Waals surface area contributed by atoms with E-state index in [9.17, 15) is 4.79 Å². The van der Waals surface area contributed by atoms with Crippen LogP contribution in [-0.2, 0) is 11.4 Å². The van der Waals surface area contributed by atoms with Crippen molar-refractivity contribution in [2.24, 2.45) is 10.7 Å². The lowest BCUT2D eigenvalue weighted by Gasteiger charge is -2.14. The SMILES string of the molecule is COc1cc(C=C2SC(N)=NC2=O)cc(Br)c1OCc1ccc2ccccc2c1. The predicted octanol–water partition coefficient (Wildman–Crippen LogP) is 5.12. The third kappa shape index (κ3) is 4.31. The molecular weight excluding hydrogens is 452 g/mol. The van der Waals surface area contributed by atoms with E-state index in [0.717, 1.165) is 27.4 Å². The molecule has 0 aliphatic carbocycles. The number of hydrogen-bond donors (Lipinski definition) is 1. The Labute approximate surface area is 180 Å². The van der Waals surface area contributed by atoms with Gasteiger partial charge in [-0.2, -0.15) is 4.99 Å². The Morgan fingerprint density at radius 3 is 2.66 bits per heavy atom. The van der Waals surface area contributed by atoms with Crippen molar-refractivity contribution in [1.29, 1.82) is 0 Å². The molecule has 7 heteroatoms. The van der Waals surface area contributed by atoms with E-state index >= 15 is 0 Å². The van der Waals surface area contributed by atoms with Gasteiger partial charge in [0, 0.05) is 0 Å². The summed E-state index contributed by atoms with van der Waals surface area (Å²) >= 11 is 4.70. The molecule has 0 aromatic heterocycles. The third-order valence-corrected chi connectivity index (χ3v) is 5.79. The molecule has 5 nitrogen and oxygen atoms in total. The van der Waals surface area contributed by atoms with Crippen LogP contribution in [0.25, 0.3) is 16.8 Å². The largest absolute Gasteiger partial charge is 0.493 e. The van der Waals surface area contributed by atoms with Crippen LogP contribution in [0.5, 0.6) is 11.5 Å². The molecule has 0 saturated heterocycles. The van der Waals surface area contributed by atoms with E-state index in [2.05, 4.69) is 51.3 Å². The normalized spacial score (nSPS) is 15.0. The number of nitrogens with zero attached hydrogens (tertiary/aromatic N) is 1. The number of carbonyl (C=O) groups is 1. The minimum atomic E-state index is -0.334. The molecule has 1 amide bonds. The Bertz CT molecular complexity index is 1170. The molecule has 2 N–H and O–H groups in total. The van der Waals surface area contributed by atoms with E-state index < -0.39 is 0 Å². The van der Waals surface area contributed by atoms with Crippen LogP contribution in [0.15, 0.2) is 69.0 Å². The summed E-state index contributed by atoms with van der Waals surface area (Å²) in [6.45, 7) is 0.402. The number of carbonyl (C=O) groups excluding carboxylic acids is 1. The van der Waals surface area contributed by atoms with E-state index in [1.54, 1.807) is 13.2 Å². The van der Waals surface area contributed by atoms with Crippen molar-refractivity contribution in [3.8, 4) is 11.5 Å². The average Bonchev–Trinajstić information content (AvgIpc) is 3.03. The molecule has 3 aromatic rings. The van der Waals surface area contributed by atoms with Crippen molar-refractivity contribution in [3.05, 3.63) is 75.1 Å². The lowest BCUT2D eigenvalue weighted by atomic mass is 10.1. The van der Waals surface area contributed by atoms with E-state index in [4.69, 9.17) is 15.2 Å². The van der Waals surface area contributed by atoms with Crippen molar-refractivity contribution in [1.82, 2.24) is 0 Å². The highest BCUT2D eigenvalue weighted by molar-refractivity contribution is 9.10. The molecule has 0 saturated carbocycles. The number of nitrogens with two attached hydrogens (primary N) is 1. The predicted molar refractivity (Wildman–Crippen MR) is 121 cm³/mol. The van der Waals surface area contributed by atoms with Crippen molar-refractivity contribution < 1.29 is 14.3 Å². The number of halogens is 1. The van der Waals surface area contributed by atoms with Crippen LogP contribution >= 0.6 is 27.7 Å². The highest BCUT2D eigenvalue weighted by atomic mass is 79.9. The third-order valence-electron chi connectivity index (χ3n) is 4.38. The molecule has 0 atom stereocenters. The van der Waals surface area contributed by atoms with Crippen molar-refractivity contribution >= 4 is 55.6 Å². The second-order valence-electron chi connectivity index (χ2n) is 6.37. The van der Waals surface area contributed by atoms with Crippen LogP contribution in [0.1, 0.15) is 11.1 Å². The summed E-state index contributed by atoms with van der Waals surface area (Å²) in [6.07, 6.45) is 1.73. The Hall–Kier alpha value is -2.77. The molecule has 0 fully saturated rings. The van der Waals surface area contributed by atoms with Gasteiger partial charge < -0.3 is 15.2 Å². The zero-order chi connectivity index (χ0) is 20.4. The Morgan fingerprint density at radius 2 is 1.93 bits per heavy atom. The smallest absolute Gasteiger partial charge is 0.286 e. The zero-order valence-electron chi connectivity index (χ0n) is 15.5. The van der Waals surface area contributed by atoms with Gasteiger partial charge in [-0.3, -0.25) is 4.79 Å². The molecule has 3 aromatic carbocycles. The van der Waals surface area contributed by atoms with E-state index in [1.807, 2.05) is 24.3 Å². The summed E-state index contributed by atoms with van der Waals surface area (Å²) in [7, 11) is 1.58. The number of benzene rings is 3. The molecule has 1 aliphatic rings. The molecule has 29 heavy (non-hydrogen) atoms. The molecular formula is C22H17BrN2O3S. The maximum Gasteiger partial charge on any atom is 0.286 e. The fraction of sp³-hybridized carbons (Fsp3) is 0.0909. The van der Waals surface area contributed by atoms with E-state index in [-0.39, 0.29) is 11.1 Å². The van der Waals surface area contributed by atoms with Gasteiger partial charge in [0.2, 0.25) is 0 Å². The van der Waals surface area contributed by atoms with E-state index in [1.165, 1.54) is 10.8 Å². The quantitative estimate of drug-likeness (QED) is 0.526. The lowest BCUT2D eigenvalue weighted by Crippen LogP contribution is -2.01. The number of rotatable bonds is 5.